The SMILES string of the molecule is C=CCC(N)C(=O)Nc1sccc1C(=O)OCC. The first kappa shape index (κ1) is 14.4. The molecule has 5 nitrogen and oxygen atoms in total. The molecule has 0 fully saturated rings. The summed E-state index contributed by atoms with van der Waals surface area (Å²) < 4.78 is 4.89. The van der Waals surface area contributed by atoms with Crippen LogP contribution in [0, 0.1) is 0 Å². The topological polar surface area (TPSA) is 81.4 Å². The molecule has 1 rings (SSSR count). The minimum atomic E-state index is -0.667. The number of nitrogens with two attached hydrogens (primary N) is 1. The van der Waals surface area contributed by atoms with Crippen molar-refractivity contribution in [2.75, 3.05) is 11.9 Å². The van der Waals surface area contributed by atoms with E-state index in [-0.39, 0.29) is 12.5 Å². The summed E-state index contributed by atoms with van der Waals surface area (Å²) in [5.41, 5.74) is 5.98. The van der Waals surface area contributed by atoms with Gasteiger partial charge in [0.2, 0.25) is 5.91 Å². The predicted molar refractivity (Wildman–Crippen MR) is 71.7 cm³/mol. The van der Waals surface area contributed by atoms with Crippen LogP contribution in [-0.2, 0) is 9.53 Å². The largest absolute Gasteiger partial charge is 0.462 e. The molecular weight excluding hydrogens is 252 g/mol. The van der Waals surface area contributed by atoms with Crippen LogP contribution in [0.15, 0.2) is 24.1 Å². The Morgan fingerprint density at radius 3 is 3.00 bits per heavy atom. The molecule has 0 aliphatic heterocycles. The summed E-state index contributed by atoms with van der Waals surface area (Å²) in [5.74, 6) is -0.797. The van der Waals surface area contributed by atoms with Crippen LogP contribution >= 0.6 is 11.3 Å². The second-order valence-electron chi connectivity index (χ2n) is 3.50. The molecule has 0 radical (unpaired) electrons. The zero-order chi connectivity index (χ0) is 13.5. The maximum absolute atomic E-state index is 11.7. The van der Waals surface area contributed by atoms with Gasteiger partial charge in [-0.3, -0.25) is 4.79 Å². The van der Waals surface area contributed by atoms with Crippen LogP contribution < -0.4 is 11.1 Å². The number of amides is 1. The van der Waals surface area contributed by atoms with Crippen molar-refractivity contribution in [3.63, 3.8) is 0 Å². The average molecular weight is 268 g/mol. The third kappa shape index (κ3) is 3.68. The molecule has 0 saturated heterocycles. The molecule has 18 heavy (non-hydrogen) atoms. The molecule has 0 aliphatic rings. The second kappa shape index (κ2) is 6.93. The number of anilines is 1. The van der Waals surface area contributed by atoms with Crippen LogP contribution in [0.3, 0.4) is 0 Å². The molecule has 1 aromatic rings. The molecule has 0 saturated carbocycles. The number of carbonyl (C=O) groups is 2. The van der Waals surface area contributed by atoms with Crippen LogP contribution in [-0.4, -0.2) is 24.5 Å². The van der Waals surface area contributed by atoms with Crippen LogP contribution in [0.25, 0.3) is 0 Å². The van der Waals surface area contributed by atoms with Gasteiger partial charge in [-0.05, 0) is 24.8 Å². The van der Waals surface area contributed by atoms with E-state index in [1.54, 1.807) is 24.4 Å². The number of esters is 1. The highest BCUT2D eigenvalue weighted by atomic mass is 32.1. The van der Waals surface area contributed by atoms with Crippen LogP contribution in [0.5, 0.6) is 0 Å². The lowest BCUT2D eigenvalue weighted by atomic mass is 10.2. The highest BCUT2D eigenvalue weighted by Crippen LogP contribution is 2.24. The van der Waals surface area contributed by atoms with Crippen molar-refractivity contribution in [3.05, 3.63) is 29.7 Å². The summed E-state index contributed by atoms with van der Waals surface area (Å²) in [4.78, 5) is 23.3. The predicted octanol–water partition coefficient (Wildman–Crippen LogP) is 1.77. The zero-order valence-electron chi connectivity index (χ0n) is 10.1. The first-order valence-electron chi connectivity index (χ1n) is 5.52. The highest BCUT2D eigenvalue weighted by molar-refractivity contribution is 7.14. The molecule has 98 valence electrons. The van der Waals surface area contributed by atoms with Gasteiger partial charge in [0.05, 0.1) is 18.2 Å². The Bertz CT molecular complexity index is 442. The minimum absolute atomic E-state index is 0.290. The van der Waals surface area contributed by atoms with E-state index in [9.17, 15) is 9.59 Å². The standard InChI is InChI=1S/C12H16N2O3S/c1-3-5-9(13)10(15)14-11-8(6-7-18-11)12(16)17-4-2/h3,6-7,9H,1,4-5,13H2,2H3,(H,14,15). The van der Waals surface area contributed by atoms with Gasteiger partial charge in [-0.25, -0.2) is 4.79 Å². The summed E-state index contributed by atoms with van der Waals surface area (Å²) >= 11 is 1.25. The van der Waals surface area contributed by atoms with E-state index < -0.39 is 12.0 Å². The maximum Gasteiger partial charge on any atom is 0.341 e. The van der Waals surface area contributed by atoms with Crippen molar-refractivity contribution in [2.45, 2.75) is 19.4 Å². The number of hydrogen-bond donors (Lipinski definition) is 2. The fourth-order valence-electron chi connectivity index (χ4n) is 1.27. The van der Waals surface area contributed by atoms with Crippen molar-refractivity contribution in [1.29, 1.82) is 0 Å². The Balaban J connectivity index is 2.73. The van der Waals surface area contributed by atoms with Crippen LogP contribution in [0.1, 0.15) is 23.7 Å². The maximum atomic E-state index is 11.7. The van der Waals surface area contributed by atoms with E-state index in [0.717, 1.165) is 0 Å². The van der Waals surface area contributed by atoms with Gasteiger partial charge in [0.25, 0.3) is 0 Å². The Morgan fingerprint density at radius 1 is 1.67 bits per heavy atom. The van der Waals surface area contributed by atoms with Gasteiger partial charge in [0.1, 0.15) is 5.00 Å². The molecule has 0 bridgehead atoms. The highest BCUT2D eigenvalue weighted by Gasteiger charge is 2.18. The molecule has 0 spiro atoms. The number of rotatable bonds is 6. The van der Waals surface area contributed by atoms with E-state index in [2.05, 4.69) is 11.9 Å². The van der Waals surface area contributed by atoms with Gasteiger partial charge in [-0.2, -0.15) is 0 Å². The van der Waals surface area contributed by atoms with Gasteiger partial charge >= 0.3 is 5.97 Å². The molecule has 1 aromatic heterocycles. The summed E-state index contributed by atoms with van der Waals surface area (Å²) in [6, 6.07) is 0.941. The molecule has 0 aromatic carbocycles. The zero-order valence-corrected chi connectivity index (χ0v) is 11.0. The van der Waals surface area contributed by atoms with Gasteiger partial charge in [-0.15, -0.1) is 17.9 Å². The molecule has 1 unspecified atom stereocenters. The first-order valence-corrected chi connectivity index (χ1v) is 6.40. The van der Waals surface area contributed by atoms with Gasteiger partial charge in [-0.1, -0.05) is 6.08 Å². The average Bonchev–Trinajstić information content (AvgIpc) is 2.77. The Kier molecular flexibility index (Phi) is 5.54. The van der Waals surface area contributed by atoms with Crippen LogP contribution in [0.2, 0.25) is 0 Å². The Hall–Kier alpha value is -1.66. The Labute approximate surface area is 110 Å². The molecule has 1 atom stereocenters. The molecule has 1 heterocycles. The van der Waals surface area contributed by atoms with E-state index in [1.165, 1.54) is 11.3 Å². The van der Waals surface area contributed by atoms with Crippen molar-refractivity contribution >= 4 is 28.2 Å². The number of ether oxygens (including phenoxy) is 1. The van der Waals surface area contributed by atoms with E-state index >= 15 is 0 Å². The second-order valence-corrected chi connectivity index (χ2v) is 4.42. The summed E-state index contributed by atoms with van der Waals surface area (Å²) in [7, 11) is 0. The molecular formula is C12H16N2O3S. The number of nitrogens with one attached hydrogen (secondary N) is 1. The quantitative estimate of drug-likeness (QED) is 0.608. The Morgan fingerprint density at radius 2 is 2.39 bits per heavy atom. The third-order valence-electron chi connectivity index (χ3n) is 2.15. The smallest absolute Gasteiger partial charge is 0.341 e. The summed E-state index contributed by atoms with van der Waals surface area (Å²) in [5, 5.41) is 4.79. The lowest BCUT2D eigenvalue weighted by molar-refractivity contribution is -0.117. The first-order chi connectivity index (χ1) is 8.60. The summed E-state index contributed by atoms with van der Waals surface area (Å²) in [6.07, 6.45) is 1.96. The van der Waals surface area contributed by atoms with Crippen LogP contribution in [0.4, 0.5) is 5.00 Å². The number of thiophene rings is 1. The summed E-state index contributed by atoms with van der Waals surface area (Å²) in [6.45, 7) is 5.53. The molecule has 6 heteroatoms. The van der Waals surface area contributed by atoms with Gasteiger partial charge in [0.15, 0.2) is 0 Å². The fraction of sp³-hybridized carbons (Fsp3) is 0.333. The van der Waals surface area contributed by atoms with Crippen molar-refractivity contribution < 1.29 is 14.3 Å². The minimum Gasteiger partial charge on any atom is -0.462 e. The normalized spacial score (nSPS) is 11.7. The van der Waals surface area contributed by atoms with Crippen molar-refractivity contribution in [3.8, 4) is 0 Å². The van der Waals surface area contributed by atoms with Crippen molar-refractivity contribution in [2.24, 2.45) is 5.73 Å². The van der Waals surface area contributed by atoms with Gasteiger partial charge in [0, 0.05) is 0 Å². The fourth-order valence-corrected chi connectivity index (χ4v) is 2.04. The lowest BCUT2D eigenvalue weighted by Gasteiger charge is -2.10. The van der Waals surface area contributed by atoms with E-state index in [1.807, 2.05) is 0 Å². The van der Waals surface area contributed by atoms with E-state index in [0.29, 0.717) is 17.0 Å². The molecule has 0 aliphatic carbocycles. The number of hydrogen-bond acceptors (Lipinski definition) is 5. The van der Waals surface area contributed by atoms with Crippen molar-refractivity contribution in [1.82, 2.24) is 0 Å². The van der Waals surface area contributed by atoms with Gasteiger partial charge < -0.3 is 15.8 Å². The number of carbonyl (C=O) groups excluding carboxylic acids is 2. The molecule has 1 amide bonds. The van der Waals surface area contributed by atoms with E-state index in [4.69, 9.17) is 10.5 Å². The third-order valence-corrected chi connectivity index (χ3v) is 2.98. The monoisotopic (exact) mass is 268 g/mol. The molecule has 3 N–H and O–H groups in total. The lowest BCUT2D eigenvalue weighted by Crippen LogP contribution is -2.35.